The largest absolute Gasteiger partial charge is 0.461 e. The van der Waals surface area contributed by atoms with Gasteiger partial charge in [-0.3, -0.25) is 0 Å². The molecule has 0 aromatic heterocycles. The van der Waals surface area contributed by atoms with Gasteiger partial charge in [0.2, 0.25) is 0 Å². The first-order chi connectivity index (χ1) is 19.3. The molecule has 0 bridgehead atoms. The van der Waals surface area contributed by atoms with E-state index in [-0.39, 0.29) is 25.0 Å². The van der Waals surface area contributed by atoms with E-state index in [4.69, 9.17) is 14.2 Å². The molecule has 0 saturated carbocycles. The van der Waals surface area contributed by atoms with Crippen LogP contribution in [0.5, 0.6) is 0 Å². The Kier molecular flexibility index (Phi) is 9.70. The fourth-order valence-electron chi connectivity index (χ4n) is 4.54. The number of benzene rings is 3. The number of fused-ring (bicyclic) bond motifs is 3. The fraction of sp³-hybridized carbons (Fsp3) is 0.281. The van der Waals surface area contributed by atoms with Crippen LogP contribution in [0.1, 0.15) is 36.5 Å². The number of carbonyl (C=O) groups excluding carboxylic acids is 3. The van der Waals surface area contributed by atoms with E-state index in [1.807, 2.05) is 66.7 Å². The zero-order valence-corrected chi connectivity index (χ0v) is 22.5. The molecule has 40 heavy (non-hydrogen) atoms. The smallest absolute Gasteiger partial charge is 0.407 e. The minimum Gasteiger partial charge on any atom is -0.461 e. The second kappa shape index (κ2) is 13.6. The predicted octanol–water partition coefficient (Wildman–Crippen LogP) is 4.75. The molecule has 1 aliphatic rings. The first-order valence-electron chi connectivity index (χ1n) is 13.2. The first kappa shape index (κ1) is 28.6. The molecule has 8 heteroatoms. The summed E-state index contributed by atoms with van der Waals surface area (Å²) in [5.74, 6) is -1.76. The summed E-state index contributed by atoms with van der Waals surface area (Å²) in [6.45, 7) is 3.34. The Hall–Kier alpha value is -4.43. The summed E-state index contributed by atoms with van der Waals surface area (Å²) in [5.41, 5.74) is 5.24. The lowest BCUT2D eigenvalue weighted by Crippen LogP contribution is -2.46. The van der Waals surface area contributed by atoms with Crippen LogP contribution in [-0.2, 0) is 30.4 Å². The van der Waals surface area contributed by atoms with Crippen molar-refractivity contribution in [2.45, 2.75) is 38.5 Å². The van der Waals surface area contributed by atoms with E-state index in [1.165, 1.54) is 6.08 Å². The summed E-state index contributed by atoms with van der Waals surface area (Å²) < 4.78 is 15.9. The summed E-state index contributed by atoms with van der Waals surface area (Å²) in [6, 6.07) is 24.2. The number of rotatable bonds is 11. The first-order valence-corrected chi connectivity index (χ1v) is 13.2. The molecule has 208 valence electrons. The van der Waals surface area contributed by atoms with Gasteiger partial charge in [-0.2, -0.15) is 0 Å². The highest BCUT2D eigenvalue weighted by atomic mass is 16.6. The molecule has 1 aliphatic carbocycles. The molecule has 0 saturated heterocycles. The Morgan fingerprint density at radius 2 is 1.45 bits per heavy atom. The van der Waals surface area contributed by atoms with Crippen LogP contribution >= 0.6 is 0 Å². The molecule has 1 unspecified atom stereocenters. The third kappa shape index (κ3) is 7.36. The van der Waals surface area contributed by atoms with Crippen molar-refractivity contribution < 1.29 is 33.7 Å². The van der Waals surface area contributed by atoms with Crippen molar-refractivity contribution in [3.63, 3.8) is 0 Å². The summed E-state index contributed by atoms with van der Waals surface area (Å²) >= 11 is 0. The van der Waals surface area contributed by atoms with Crippen molar-refractivity contribution in [1.29, 1.82) is 0 Å². The maximum atomic E-state index is 12.7. The van der Waals surface area contributed by atoms with E-state index in [0.29, 0.717) is 0 Å². The van der Waals surface area contributed by atoms with Crippen molar-refractivity contribution >= 4 is 18.0 Å². The summed E-state index contributed by atoms with van der Waals surface area (Å²) in [6.07, 6.45) is 0.301. The zero-order chi connectivity index (χ0) is 28.5. The summed E-state index contributed by atoms with van der Waals surface area (Å²) in [5, 5.41) is 12.7. The van der Waals surface area contributed by atoms with Crippen LogP contribution in [0.2, 0.25) is 0 Å². The van der Waals surface area contributed by atoms with Gasteiger partial charge in [0, 0.05) is 12.0 Å². The summed E-state index contributed by atoms with van der Waals surface area (Å²) in [7, 11) is 0. The zero-order valence-electron chi connectivity index (χ0n) is 22.5. The average molecular weight is 544 g/mol. The van der Waals surface area contributed by atoms with Gasteiger partial charge in [0.1, 0.15) is 32.0 Å². The normalized spacial score (nSPS) is 13.8. The third-order valence-electron chi connectivity index (χ3n) is 6.61. The lowest BCUT2D eigenvalue weighted by Gasteiger charge is -2.22. The molecular formula is C32H33NO7. The average Bonchev–Trinajstić information content (AvgIpc) is 3.29. The van der Waals surface area contributed by atoms with E-state index in [1.54, 1.807) is 13.8 Å². The van der Waals surface area contributed by atoms with E-state index in [0.717, 1.165) is 33.9 Å². The van der Waals surface area contributed by atoms with E-state index in [9.17, 15) is 19.5 Å². The molecule has 0 heterocycles. The van der Waals surface area contributed by atoms with Crippen molar-refractivity contribution in [3.8, 4) is 11.1 Å². The number of carbonyl (C=O) groups is 3. The van der Waals surface area contributed by atoms with Crippen LogP contribution in [0.25, 0.3) is 11.1 Å². The minimum absolute atomic E-state index is 0.104. The standard InChI is InChI=1S/C32H33NO7/c1-21(2)30(31(36)39-19-23(34)16-17-29(35)38-18-22-10-4-3-5-11-22)33-32(37)40-20-28-26-14-8-6-12-24(26)25-13-7-9-15-27(25)28/h3-17,21,23,28,30,34H,18-20H2,1-2H3,(H,33,37)/t23?,30-/m0/s1. The quantitative estimate of drug-likeness (QED) is 0.204. The van der Waals surface area contributed by atoms with Gasteiger partial charge in [0.15, 0.2) is 0 Å². The highest BCUT2D eigenvalue weighted by Crippen LogP contribution is 2.44. The maximum absolute atomic E-state index is 12.7. The SMILES string of the molecule is CC(C)[C@H](NC(=O)OCC1c2ccccc2-c2ccccc21)C(=O)OCC(O)C=CC(=O)OCc1ccccc1. The van der Waals surface area contributed by atoms with Gasteiger partial charge in [-0.1, -0.05) is 92.7 Å². The van der Waals surface area contributed by atoms with E-state index >= 15 is 0 Å². The van der Waals surface area contributed by atoms with Crippen LogP contribution in [0.3, 0.4) is 0 Å². The third-order valence-corrected chi connectivity index (χ3v) is 6.61. The molecule has 2 N–H and O–H groups in total. The maximum Gasteiger partial charge on any atom is 0.407 e. The molecular weight excluding hydrogens is 510 g/mol. The number of esters is 2. The van der Waals surface area contributed by atoms with Crippen LogP contribution in [0.4, 0.5) is 4.79 Å². The van der Waals surface area contributed by atoms with Crippen molar-refractivity contribution in [1.82, 2.24) is 5.32 Å². The van der Waals surface area contributed by atoms with Crippen LogP contribution in [0, 0.1) is 5.92 Å². The van der Waals surface area contributed by atoms with Gasteiger partial charge in [-0.25, -0.2) is 14.4 Å². The Balaban J connectivity index is 1.24. The minimum atomic E-state index is -1.23. The number of aliphatic hydroxyl groups excluding tert-OH is 1. The molecule has 1 amide bonds. The lowest BCUT2D eigenvalue weighted by molar-refractivity contribution is -0.149. The fourth-order valence-corrected chi connectivity index (χ4v) is 4.54. The van der Waals surface area contributed by atoms with Crippen molar-refractivity contribution in [2.75, 3.05) is 13.2 Å². The molecule has 0 radical (unpaired) electrons. The number of ether oxygens (including phenoxy) is 3. The molecule has 0 aliphatic heterocycles. The van der Waals surface area contributed by atoms with Gasteiger partial charge in [-0.15, -0.1) is 0 Å². The van der Waals surface area contributed by atoms with Gasteiger partial charge >= 0.3 is 18.0 Å². The number of aliphatic hydroxyl groups is 1. The number of hydrogen-bond donors (Lipinski definition) is 2. The number of hydrogen-bond acceptors (Lipinski definition) is 7. The Bertz CT molecular complexity index is 1310. The second-order valence-electron chi connectivity index (χ2n) is 9.84. The van der Waals surface area contributed by atoms with E-state index in [2.05, 4.69) is 17.4 Å². The monoisotopic (exact) mass is 543 g/mol. The molecule has 3 aromatic carbocycles. The van der Waals surface area contributed by atoms with Crippen LogP contribution in [0.15, 0.2) is 91.0 Å². The summed E-state index contributed by atoms with van der Waals surface area (Å²) in [4.78, 5) is 37.2. The second-order valence-corrected chi connectivity index (χ2v) is 9.84. The van der Waals surface area contributed by atoms with E-state index < -0.39 is 36.8 Å². The Morgan fingerprint density at radius 3 is 2.08 bits per heavy atom. The molecule has 4 rings (SSSR count). The number of amides is 1. The van der Waals surface area contributed by atoms with Gasteiger partial charge in [-0.05, 0) is 39.8 Å². The van der Waals surface area contributed by atoms with Gasteiger partial charge < -0.3 is 24.6 Å². The topological polar surface area (TPSA) is 111 Å². The lowest BCUT2D eigenvalue weighted by atomic mass is 9.98. The van der Waals surface area contributed by atoms with Gasteiger partial charge in [0.25, 0.3) is 0 Å². The van der Waals surface area contributed by atoms with Crippen molar-refractivity contribution in [2.24, 2.45) is 5.92 Å². The number of nitrogens with one attached hydrogen (secondary N) is 1. The molecule has 0 fully saturated rings. The predicted molar refractivity (Wildman–Crippen MR) is 149 cm³/mol. The molecule has 8 nitrogen and oxygen atoms in total. The van der Waals surface area contributed by atoms with Crippen LogP contribution in [-0.4, -0.2) is 48.5 Å². The Morgan fingerprint density at radius 1 is 0.850 bits per heavy atom. The molecule has 0 spiro atoms. The highest BCUT2D eigenvalue weighted by molar-refractivity contribution is 5.83. The molecule has 2 atom stereocenters. The van der Waals surface area contributed by atoms with Crippen molar-refractivity contribution in [3.05, 3.63) is 108 Å². The molecule has 3 aromatic rings. The van der Waals surface area contributed by atoms with Gasteiger partial charge in [0.05, 0.1) is 0 Å². The highest BCUT2D eigenvalue weighted by Gasteiger charge is 2.31. The number of alkyl carbamates (subject to hydrolysis) is 1. The Labute approximate surface area is 233 Å². The van der Waals surface area contributed by atoms with Crippen LogP contribution < -0.4 is 5.32 Å².